The number of nitrogens with zero attached hydrogens (tertiary/aromatic N) is 1. The fourth-order valence-electron chi connectivity index (χ4n) is 4.29. The summed E-state index contributed by atoms with van der Waals surface area (Å²) in [4.78, 5) is 57.2. The second-order valence-corrected chi connectivity index (χ2v) is 9.73. The van der Waals surface area contributed by atoms with Crippen LogP contribution in [0.4, 0.5) is 0 Å². The zero-order valence-electron chi connectivity index (χ0n) is 22.9. The normalized spacial score (nSPS) is 13.0. The van der Waals surface area contributed by atoms with Crippen molar-refractivity contribution in [2.24, 2.45) is 22.2 Å². The van der Waals surface area contributed by atoms with Crippen LogP contribution in [0, 0.1) is 0 Å². The molecule has 0 aliphatic carbocycles. The number of aromatic amines is 1. The minimum atomic E-state index is -1.30. The molecule has 12 N–H and O–H groups in total. The zero-order chi connectivity index (χ0) is 30.6. The van der Waals surface area contributed by atoms with E-state index in [1.807, 2.05) is 24.3 Å². The number of aromatic hydroxyl groups is 1. The number of carbonyl (C=O) groups excluding carboxylic acids is 3. The van der Waals surface area contributed by atoms with Gasteiger partial charge in [0.15, 0.2) is 5.96 Å². The van der Waals surface area contributed by atoms with Gasteiger partial charge in [-0.1, -0.05) is 30.3 Å². The van der Waals surface area contributed by atoms with Crippen LogP contribution in [0.1, 0.15) is 24.0 Å². The topological polar surface area (TPSA) is 251 Å². The summed E-state index contributed by atoms with van der Waals surface area (Å²) in [6.45, 7) is -0.273. The summed E-state index contributed by atoms with van der Waals surface area (Å²) in [7, 11) is 0. The number of nitrogens with two attached hydrogens (primary N) is 3. The molecule has 224 valence electrons. The largest absolute Gasteiger partial charge is 0.508 e. The maximum atomic E-state index is 13.1. The van der Waals surface area contributed by atoms with Crippen molar-refractivity contribution >= 4 is 40.6 Å². The molecule has 0 fully saturated rings. The van der Waals surface area contributed by atoms with E-state index in [4.69, 9.17) is 17.2 Å². The number of carboxylic acid groups (broad SMARTS) is 1. The van der Waals surface area contributed by atoms with Crippen molar-refractivity contribution in [1.82, 2.24) is 20.9 Å². The number of hydrogen-bond donors (Lipinski definition) is 9. The van der Waals surface area contributed by atoms with E-state index in [2.05, 4.69) is 25.9 Å². The lowest BCUT2D eigenvalue weighted by molar-refractivity contribution is -0.142. The third-order valence-corrected chi connectivity index (χ3v) is 6.46. The highest BCUT2D eigenvalue weighted by Gasteiger charge is 2.27. The Morgan fingerprint density at radius 3 is 2.33 bits per heavy atom. The average molecular weight is 581 g/mol. The maximum absolute atomic E-state index is 13.1. The van der Waals surface area contributed by atoms with Gasteiger partial charge in [-0.2, -0.15) is 0 Å². The molecular weight excluding hydrogens is 544 g/mol. The molecule has 3 aromatic rings. The number of nitrogens with one attached hydrogen (secondary N) is 4. The van der Waals surface area contributed by atoms with E-state index in [0.717, 1.165) is 16.5 Å². The predicted octanol–water partition coefficient (Wildman–Crippen LogP) is -0.790. The number of rotatable bonds is 15. The van der Waals surface area contributed by atoms with E-state index >= 15 is 0 Å². The van der Waals surface area contributed by atoms with Crippen LogP contribution in [0.25, 0.3) is 10.9 Å². The first kappa shape index (κ1) is 31.4. The molecule has 42 heavy (non-hydrogen) atoms. The highest BCUT2D eigenvalue weighted by Crippen LogP contribution is 2.18. The van der Waals surface area contributed by atoms with Crippen LogP contribution in [0.5, 0.6) is 5.75 Å². The van der Waals surface area contributed by atoms with Gasteiger partial charge in [0.2, 0.25) is 17.7 Å². The minimum absolute atomic E-state index is 0.0178. The maximum Gasteiger partial charge on any atom is 0.326 e. The molecule has 14 heteroatoms. The number of carboxylic acids is 1. The number of H-pyrrole nitrogens is 1. The molecule has 2 aromatic carbocycles. The third kappa shape index (κ3) is 9.52. The molecule has 0 aliphatic heterocycles. The number of aromatic nitrogens is 1. The molecule has 0 radical (unpaired) electrons. The van der Waals surface area contributed by atoms with Gasteiger partial charge in [0.25, 0.3) is 0 Å². The summed E-state index contributed by atoms with van der Waals surface area (Å²) in [5.41, 5.74) is 19.1. The van der Waals surface area contributed by atoms with Gasteiger partial charge in [-0.25, -0.2) is 4.79 Å². The van der Waals surface area contributed by atoms with E-state index in [9.17, 15) is 29.4 Å². The summed E-state index contributed by atoms with van der Waals surface area (Å²) in [5, 5.41) is 27.5. The van der Waals surface area contributed by atoms with Crippen molar-refractivity contribution in [3.8, 4) is 5.75 Å². The number of hydrogen-bond acceptors (Lipinski definition) is 7. The molecule has 1 aromatic heterocycles. The number of aliphatic imine (C=N–C) groups is 1. The van der Waals surface area contributed by atoms with Crippen molar-refractivity contribution < 1.29 is 29.4 Å². The second-order valence-electron chi connectivity index (χ2n) is 9.73. The quantitative estimate of drug-likeness (QED) is 0.0619. The predicted molar refractivity (Wildman–Crippen MR) is 156 cm³/mol. The summed E-state index contributed by atoms with van der Waals surface area (Å²) in [5.74, 6) is -3.35. The summed E-state index contributed by atoms with van der Waals surface area (Å²) in [6, 6.07) is 10.1. The Labute approximate surface area is 241 Å². The fourth-order valence-corrected chi connectivity index (χ4v) is 4.29. The van der Waals surface area contributed by atoms with Gasteiger partial charge < -0.3 is 48.3 Å². The second kappa shape index (κ2) is 15.0. The first-order valence-corrected chi connectivity index (χ1v) is 13.3. The molecule has 0 aliphatic rings. The number of guanidine groups is 1. The Balaban J connectivity index is 1.58. The molecule has 0 bridgehead atoms. The van der Waals surface area contributed by atoms with Crippen LogP contribution in [0.3, 0.4) is 0 Å². The van der Waals surface area contributed by atoms with Gasteiger partial charge in [0, 0.05) is 30.1 Å². The first-order valence-electron chi connectivity index (χ1n) is 13.3. The molecule has 3 rings (SSSR count). The lowest BCUT2D eigenvalue weighted by atomic mass is 10.0. The van der Waals surface area contributed by atoms with Crippen LogP contribution >= 0.6 is 0 Å². The molecule has 0 saturated carbocycles. The number of para-hydroxylation sites is 1. The van der Waals surface area contributed by atoms with E-state index in [1.165, 1.54) is 24.3 Å². The van der Waals surface area contributed by atoms with E-state index in [1.54, 1.807) is 6.20 Å². The lowest BCUT2D eigenvalue weighted by Crippen LogP contribution is -2.54. The van der Waals surface area contributed by atoms with Crippen LogP contribution in [0.2, 0.25) is 0 Å². The molecule has 1 heterocycles. The highest BCUT2D eigenvalue weighted by molar-refractivity contribution is 5.93. The smallest absolute Gasteiger partial charge is 0.326 e. The van der Waals surface area contributed by atoms with E-state index in [-0.39, 0.29) is 37.5 Å². The number of phenols is 1. The van der Waals surface area contributed by atoms with Gasteiger partial charge in [-0.3, -0.25) is 19.4 Å². The third-order valence-electron chi connectivity index (χ3n) is 6.46. The van der Waals surface area contributed by atoms with Crippen LogP contribution in [-0.4, -0.2) is 76.1 Å². The van der Waals surface area contributed by atoms with Crippen molar-refractivity contribution in [2.75, 3.05) is 13.1 Å². The molecule has 14 nitrogen and oxygen atoms in total. The van der Waals surface area contributed by atoms with E-state index in [0.29, 0.717) is 12.0 Å². The van der Waals surface area contributed by atoms with Crippen molar-refractivity contribution in [1.29, 1.82) is 0 Å². The van der Waals surface area contributed by atoms with Crippen molar-refractivity contribution in [2.45, 2.75) is 43.8 Å². The average Bonchev–Trinajstić information content (AvgIpc) is 3.36. The van der Waals surface area contributed by atoms with Crippen molar-refractivity contribution in [3.63, 3.8) is 0 Å². The molecule has 3 unspecified atom stereocenters. The monoisotopic (exact) mass is 580 g/mol. The molecule has 3 atom stereocenters. The number of amides is 3. The highest BCUT2D eigenvalue weighted by atomic mass is 16.4. The summed E-state index contributed by atoms with van der Waals surface area (Å²) < 4.78 is 0. The van der Waals surface area contributed by atoms with Gasteiger partial charge in [-0.15, -0.1) is 0 Å². The van der Waals surface area contributed by atoms with E-state index < -0.39 is 48.4 Å². The number of aliphatic carboxylic acids is 1. The number of phenolic OH excluding ortho intramolecular Hbond substituents is 1. The number of fused-ring (bicyclic) bond motifs is 1. The SMILES string of the molecule is NC(N)=NCCCC(NC(=O)CNC(=O)C(N)Cc1c[nH]c2ccccc12)C(=O)NC(Cc1ccc(O)cc1)C(=O)O. The van der Waals surface area contributed by atoms with Crippen LogP contribution in [-0.2, 0) is 32.0 Å². The Bertz CT molecular complexity index is 1420. The summed E-state index contributed by atoms with van der Waals surface area (Å²) >= 11 is 0. The Hall–Kier alpha value is -5.11. The Morgan fingerprint density at radius 1 is 0.929 bits per heavy atom. The molecule has 0 saturated heterocycles. The van der Waals surface area contributed by atoms with Gasteiger partial charge in [-0.05, 0) is 48.6 Å². The molecular formula is C28H36N8O6. The Morgan fingerprint density at radius 2 is 1.64 bits per heavy atom. The number of benzene rings is 2. The fraction of sp³-hybridized carbons (Fsp3) is 0.321. The lowest BCUT2D eigenvalue weighted by Gasteiger charge is -2.22. The first-order chi connectivity index (χ1) is 20.0. The standard InChI is InChI=1S/C28H36N8O6/c29-20(13-17-14-33-21-5-2-1-4-19(17)21)25(39)34-15-24(38)35-22(6-3-11-32-28(30)31)26(40)36-23(27(41)42)12-16-7-9-18(37)10-8-16/h1-2,4-5,7-10,14,20,22-23,33,37H,3,6,11-13,15,29H2,(H,34,39)(H,35,38)(H,36,40)(H,41,42)(H4,30,31,32). The van der Waals surface area contributed by atoms with Crippen LogP contribution in [0.15, 0.2) is 59.7 Å². The molecule has 0 spiro atoms. The Kier molecular flexibility index (Phi) is 11.3. The van der Waals surface area contributed by atoms with Gasteiger partial charge in [0.1, 0.15) is 17.8 Å². The van der Waals surface area contributed by atoms with Crippen LogP contribution < -0.4 is 33.2 Å². The van der Waals surface area contributed by atoms with Gasteiger partial charge in [0.05, 0.1) is 12.6 Å². The van der Waals surface area contributed by atoms with Gasteiger partial charge >= 0.3 is 5.97 Å². The number of carbonyl (C=O) groups is 4. The molecule has 3 amide bonds. The summed E-state index contributed by atoms with van der Waals surface area (Å²) in [6.07, 6.45) is 2.36. The zero-order valence-corrected chi connectivity index (χ0v) is 22.9. The van der Waals surface area contributed by atoms with Crippen molar-refractivity contribution in [3.05, 3.63) is 65.9 Å². The minimum Gasteiger partial charge on any atom is -0.508 e.